The molecule has 1 aliphatic rings. The van der Waals surface area contributed by atoms with Crippen LogP contribution in [-0.4, -0.2) is 49.7 Å². The maximum Gasteiger partial charge on any atom is 0.411 e. The van der Waals surface area contributed by atoms with Crippen molar-refractivity contribution >= 4 is 23.4 Å². The number of para-hydroxylation sites is 2. The summed E-state index contributed by atoms with van der Waals surface area (Å²) in [5.41, 5.74) is 2.49. The first-order chi connectivity index (χ1) is 16.2. The highest BCUT2D eigenvalue weighted by molar-refractivity contribution is 6.07. The Labute approximate surface area is 193 Å². The molecule has 7 nitrogen and oxygen atoms in total. The molecule has 1 aromatic heterocycles. The van der Waals surface area contributed by atoms with Gasteiger partial charge in [-0.25, -0.2) is 4.79 Å². The lowest BCUT2D eigenvalue weighted by molar-refractivity contribution is 0.0933. The molecule has 1 fully saturated rings. The van der Waals surface area contributed by atoms with Gasteiger partial charge in [-0.05, 0) is 49.1 Å². The van der Waals surface area contributed by atoms with Crippen molar-refractivity contribution in [2.45, 2.75) is 25.3 Å². The number of carbonyl (C=O) groups excluding carboxylic acids is 2. The largest absolute Gasteiger partial charge is 0.459 e. The third kappa shape index (κ3) is 5.62. The van der Waals surface area contributed by atoms with Crippen molar-refractivity contribution in [3.63, 3.8) is 0 Å². The highest BCUT2D eigenvalue weighted by Gasteiger charge is 2.32. The quantitative estimate of drug-likeness (QED) is 0.563. The number of anilines is 2. The lowest BCUT2D eigenvalue weighted by atomic mass is 10.0. The lowest BCUT2D eigenvalue weighted by Gasteiger charge is -2.39. The number of benzene rings is 2. The molecule has 0 aliphatic carbocycles. The number of piperidine rings is 1. The van der Waals surface area contributed by atoms with Crippen molar-refractivity contribution in [3.8, 4) is 0 Å². The van der Waals surface area contributed by atoms with E-state index in [4.69, 9.17) is 9.15 Å². The van der Waals surface area contributed by atoms with Crippen LogP contribution in [0.25, 0.3) is 0 Å². The molecule has 1 saturated heterocycles. The molecule has 0 saturated carbocycles. The average molecular weight is 448 g/mol. The first-order valence-corrected chi connectivity index (χ1v) is 11.2. The predicted molar refractivity (Wildman–Crippen MR) is 128 cm³/mol. The second-order valence-electron chi connectivity index (χ2n) is 8.09. The van der Waals surface area contributed by atoms with Crippen LogP contribution < -0.4 is 10.2 Å². The van der Waals surface area contributed by atoms with Gasteiger partial charge >= 0.3 is 6.09 Å². The van der Waals surface area contributed by atoms with Crippen LogP contribution in [0.15, 0.2) is 77.4 Å². The topological polar surface area (TPSA) is 75.0 Å². The summed E-state index contributed by atoms with van der Waals surface area (Å²) in [6.07, 6.45) is 3.58. The second kappa shape index (κ2) is 10.8. The van der Waals surface area contributed by atoms with Crippen molar-refractivity contribution in [1.29, 1.82) is 0 Å². The third-order valence-electron chi connectivity index (χ3n) is 6.02. The molecule has 2 heterocycles. The SMILES string of the molecule is COC(=O)Nc1ccccc1N(C(=O)c1ccco1)C1CCN(CCc2ccccc2)CC1. The molecule has 3 aromatic rings. The van der Waals surface area contributed by atoms with Gasteiger partial charge < -0.3 is 19.0 Å². The number of nitrogens with one attached hydrogen (secondary N) is 1. The fraction of sp³-hybridized carbons (Fsp3) is 0.308. The molecule has 2 amide bonds. The monoisotopic (exact) mass is 447 g/mol. The van der Waals surface area contributed by atoms with Crippen LogP contribution >= 0.6 is 0 Å². The van der Waals surface area contributed by atoms with Gasteiger partial charge in [0.15, 0.2) is 5.76 Å². The van der Waals surface area contributed by atoms with Gasteiger partial charge in [0, 0.05) is 25.7 Å². The first kappa shape index (κ1) is 22.6. The molecule has 1 N–H and O–H groups in total. The minimum Gasteiger partial charge on any atom is -0.459 e. The Hall–Kier alpha value is -3.58. The molecule has 0 bridgehead atoms. The van der Waals surface area contributed by atoms with Crippen LogP contribution in [0.5, 0.6) is 0 Å². The number of hydrogen-bond acceptors (Lipinski definition) is 5. The average Bonchev–Trinajstić information content (AvgIpc) is 3.40. The highest BCUT2D eigenvalue weighted by atomic mass is 16.5. The Morgan fingerprint density at radius 2 is 1.76 bits per heavy atom. The molecule has 2 aromatic carbocycles. The summed E-state index contributed by atoms with van der Waals surface area (Å²) in [4.78, 5) is 29.6. The van der Waals surface area contributed by atoms with Crippen LogP contribution in [0.4, 0.5) is 16.2 Å². The van der Waals surface area contributed by atoms with Crippen molar-refractivity contribution in [3.05, 3.63) is 84.3 Å². The molecule has 0 radical (unpaired) electrons. The summed E-state index contributed by atoms with van der Waals surface area (Å²) >= 11 is 0. The van der Waals surface area contributed by atoms with E-state index in [1.165, 1.54) is 18.9 Å². The summed E-state index contributed by atoms with van der Waals surface area (Å²) in [6, 6.07) is 21.1. The third-order valence-corrected chi connectivity index (χ3v) is 6.02. The Morgan fingerprint density at radius 3 is 2.45 bits per heavy atom. The number of methoxy groups -OCH3 is 1. The number of furan rings is 1. The normalized spacial score (nSPS) is 14.6. The zero-order valence-electron chi connectivity index (χ0n) is 18.8. The Balaban J connectivity index is 1.51. The maximum absolute atomic E-state index is 13.5. The summed E-state index contributed by atoms with van der Waals surface area (Å²) in [5, 5.41) is 2.73. The van der Waals surface area contributed by atoms with Gasteiger partial charge in [-0.15, -0.1) is 0 Å². The molecule has 0 atom stereocenters. The van der Waals surface area contributed by atoms with E-state index in [2.05, 4.69) is 34.5 Å². The van der Waals surface area contributed by atoms with Gasteiger partial charge in [-0.1, -0.05) is 42.5 Å². The van der Waals surface area contributed by atoms with E-state index in [9.17, 15) is 9.59 Å². The van der Waals surface area contributed by atoms with E-state index >= 15 is 0 Å². The van der Waals surface area contributed by atoms with Gasteiger partial charge in [0.05, 0.1) is 24.7 Å². The zero-order valence-corrected chi connectivity index (χ0v) is 18.8. The minimum atomic E-state index is -0.580. The number of rotatable bonds is 7. The molecule has 7 heteroatoms. The fourth-order valence-corrected chi connectivity index (χ4v) is 4.27. The number of carbonyl (C=O) groups is 2. The summed E-state index contributed by atoms with van der Waals surface area (Å²) in [6.45, 7) is 2.78. The number of hydrogen-bond donors (Lipinski definition) is 1. The fourth-order valence-electron chi connectivity index (χ4n) is 4.27. The van der Waals surface area contributed by atoms with Crippen LogP contribution in [0.2, 0.25) is 0 Å². The molecule has 33 heavy (non-hydrogen) atoms. The summed E-state index contributed by atoms with van der Waals surface area (Å²) in [7, 11) is 1.31. The number of nitrogens with zero attached hydrogens (tertiary/aromatic N) is 2. The highest BCUT2D eigenvalue weighted by Crippen LogP contribution is 2.32. The van der Waals surface area contributed by atoms with Crippen molar-refractivity contribution in [2.75, 3.05) is 37.0 Å². The first-order valence-electron chi connectivity index (χ1n) is 11.2. The van der Waals surface area contributed by atoms with Gasteiger partial charge in [-0.2, -0.15) is 0 Å². The maximum atomic E-state index is 13.5. The minimum absolute atomic E-state index is 0.0174. The molecule has 0 unspecified atom stereocenters. The van der Waals surface area contributed by atoms with E-state index < -0.39 is 6.09 Å². The molecular weight excluding hydrogens is 418 g/mol. The van der Waals surface area contributed by atoms with E-state index in [0.29, 0.717) is 11.4 Å². The molecular formula is C26H29N3O4. The predicted octanol–water partition coefficient (Wildman–Crippen LogP) is 4.81. The van der Waals surface area contributed by atoms with Gasteiger partial charge in [0.2, 0.25) is 0 Å². The van der Waals surface area contributed by atoms with E-state index in [0.717, 1.165) is 38.9 Å². The zero-order chi connectivity index (χ0) is 23.0. The van der Waals surface area contributed by atoms with Crippen LogP contribution in [0.1, 0.15) is 29.0 Å². The van der Waals surface area contributed by atoms with E-state index in [1.54, 1.807) is 23.1 Å². The second-order valence-corrected chi connectivity index (χ2v) is 8.09. The summed E-state index contributed by atoms with van der Waals surface area (Å²) < 4.78 is 10.2. The summed E-state index contributed by atoms with van der Waals surface area (Å²) in [5.74, 6) is 0.0521. The molecule has 0 spiro atoms. The van der Waals surface area contributed by atoms with Crippen LogP contribution in [0, 0.1) is 0 Å². The molecule has 4 rings (SSSR count). The number of ether oxygens (including phenoxy) is 1. The van der Waals surface area contributed by atoms with Gasteiger partial charge in [0.25, 0.3) is 5.91 Å². The smallest absolute Gasteiger partial charge is 0.411 e. The van der Waals surface area contributed by atoms with Gasteiger partial charge in [0.1, 0.15) is 0 Å². The number of likely N-dealkylation sites (tertiary alicyclic amines) is 1. The van der Waals surface area contributed by atoms with Gasteiger partial charge in [-0.3, -0.25) is 10.1 Å². The van der Waals surface area contributed by atoms with Crippen molar-refractivity contribution in [1.82, 2.24) is 4.90 Å². The molecule has 172 valence electrons. The number of amides is 2. The van der Waals surface area contributed by atoms with E-state index in [1.807, 2.05) is 24.3 Å². The Bertz CT molecular complexity index is 1040. The van der Waals surface area contributed by atoms with Crippen molar-refractivity contribution in [2.24, 2.45) is 0 Å². The van der Waals surface area contributed by atoms with Crippen LogP contribution in [0.3, 0.4) is 0 Å². The Morgan fingerprint density at radius 1 is 1.03 bits per heavy atom. The lowest BCUT2D eigenvalue weighted by Crippen LogP contribution is -2.48. The van der Waals surface area contributed by atoms with Crippen molar-refractivity contribution < 1.29 is 18.7 Å². The Kier molecular flexibility index (Phi) is 7.42. The van der Waals surface area contributed by atoms with Crippen LogP contribution in [-0.2, 0) is 11.2 Å². The molecule has 1 aliphatic heterocycles. The van der Waals surface area contributed by atoms with E-state index in [-0.39, 0.29) is 17.7 Å². The standard InChI is InChI=1S/C26H29N3O4/c1-32-26(31)27-22-10-5-6-11-23(22)29(25(30)24-12-7-19-33-24)21-14-17-28(18-15-21)16-13-20-8-3-2-4-9-20/h2-12,19,21H,13-18H2,1H3,(H,27,31).